The molecule has 120 valence electrons. The highest BCUT2D eigenvalue weighted by Crippen LogP contribution is 2.28. The first-order chi connectivity index (χ1) is 10.6. The van der Waals surface area contributed by atoms with Crippen LogP contribution in [0.5, 0.6) is 5.75 Å². The van der Waals surface area contributed by atoms with Crippen LogP contribution in [-0.4, -0.2) is 43.1 Å². The maximum Gasteiger partial charge on any atom is 0.321 e. The second-order valence-corrected chi connectivity index (χ2v) is 5.39. The fraction of sp³-hybridized carbons (Fsp3) is 0.500. The molecule has 0 atom stereocenters. The van der Waals surface area contributed by atoms with Gasteiger partial charge in [-0.25, -0.2) is 4.79 Å². The molecule has 22 heavy (non-hydrogen) atoms. The van der Waals surface area contributed by atoms with Gasteiger partial charge in [0.1, 0.15) is 5.75 Å². The van der Waals surface area contributed by atoms with E-state index in [4.69, 9.17) is 4.74 Å². The fourth-order valence-corrected chi connectivity index (χ4v) is 2.27. The highest BCUT2D eigenvalue weighted by Gasteiger charge is 2.30. The van der Waals surface area contributed by atoms with Crippen molar-refractivity contribution in [3.8, 4) is 5.75 Å². The van der Waals surface area contributed by atoms with Crippen LogP contribution in [0.2, 0.25) is 0 Å². The molecule has 0 saturated heterocycles. The Kier molecular flexibility index (Phi) is 5.77. The predicted octanol–water partition coefficient (Wildman–Crippen LogP) is 1.51. The highest BCUT2D eigenvalue weighted by molar-refractivity contribution is 5.95. The minimum atomic E-state index is -0.437. The second-order valence-electron chi connectivity index (χ2n) is 5.39. The molecule has 0 spiro atoms. The average molecular weight is 305 g/mol. The molecule has 1 aromatic rings. The number of benzene rings is 1. The molecule has 6 nitrogen and oxygen atoms in total. The molecule has 0 unspecified atom stereocenters. The van der Waals surface area contributed by atoms with Crippen LogP contribution < -0.4 is 15.4 Å². The maximum atomic E-state index is 11.9. The van der Waals surface area contributed by atoms with Crippen LogP contribution in [0.4, 0.5) is 4.79 Å². The van der Waals surface area contributed by atoms with Crippen LogP contribution in [0, 0.1) is 0 Å². The molecular weight excluding hydrogens is 282 g/mol. The normalized spacial score (nSPS) is 13.8. The first-order valence-corrected chi connectivity index (χ1v) is 7.57. The van der Waals surface area contributed by atoms with Crippen molar-refractivity contribution >= 4 is 11.9 Å². The van der Waals surface area contributed by atoms with Gasteiger partial charge in [-0.1, -0.05) is 12.1 Å². The van der Waals surface area contributed by atoms with Crippen LogP contribution in [-0.2, 0) is 11.3 Å². The topological polar surface area (TPSA) is 70.7 Å². The summed E-state index contributed by atoms with van der Waals surface area (Å²) in [5, 5.41) is 4.90. The molecule has 2 N–H and O–H groups in total. The third-order valence-corrected chi connectivity index (χ3v) is 3.54. The molecule has 1 fully saturated rings. The number of imide groups is 1. The highest BCUT2D eigenvalue weighted by atomic mass is 16.5. The van der Waals surface area contributed by atoms with Crippen molar-refractivity contribution in [3.63, 3.8) is 0 Å². The number of ether oxygens (including phenoxy) is 1. The Morgan fingerprint density at radius 2 is 1.95 bits per heavy atom. The van der Waals surface area contributed by atoms with Gasteiger partial charge in [-0.3, -0.25) is 15.0 Å². The number of carbonyl (C=O) groups is 2. The zero-order chi connectivity index (χ0) is 15.9. The summed E-state index contributed by atoms with van der Waals surface area (Å²) in [6.07, 6.45) is 2.20. The second kappa shape index (κ2) is 7.79. The maximum absolute atomic E-state index is 11.9. The zero-order valence-electron chi connectivity index (χ0n) is 13.1. The number of methoxy groups -OCH3 is 1. The van der Waals surface area contributed by atoms with Crippen molar-refractivity contribution in [2.45, 2.75) is 32.4 Å². The minimum absolute atomic E-state index is 0.230. The van der Waals surface area contributed by atoms with Gasteiger partial charge in [0.2, 0.25) is 5.91 Å². The van der Waals surface area contributed by atoms with Gasteiger partial charge >= 0.3 is 6.03 Å². The number of nitrogens with one attached hydrogen (secondary N) is 2. The molecular formula is C16H23N3O3. The summed E-state index contributed by atoms with van der Waals surface area (Å²) >= 11 is 0. The smallest absolute Gasteiger partial charge is 0.321 e. The summed E-state index contributed by atoms with van der Waals surface area (Å²) in [6.45, 7) is 3.23. The molecule has 3 amide bonds. The number of nitrogens with zero attached hydrogens (tertiary/aromatic N) is 1. The van der Waals surface area contributed by atoms with Gasteiger partial charge in [-0.05, 0) is 37.5 Å². The lowest BCUT2D eigenvalue weighted by Gasteiger charge is -2.21. The van der Waals surface area contributed by atoms with E-state index in [2.05, 4.69) is 15.5 Å². The summed E-state index contributed by atoms with van der Waals surface area (Å²) in [5.41, 5.74) is 1.12. The van der Waals surface area contributed by atoms with Crippen molar-refractivity contribution in [1.82, 2.24) is 15.5 Å². The first-order valence-electron chi connectivity index (χ1n) is 7.57. The molecule has 2 rings (SSSR count). The van der Waals surface area contributed by atoms with Gasteiger partial charge in [0.05, 0.1) is 13.7 Å². The zero-order valence-corrected chi connectivity index (χ0v) is 13.1. The third-order valence-electron chi connectivity index (χ3n) is 3.54. The molecule has 0 radical (unpaired) electrons. The van der Waals surface area contributed by atoms with Gasteiger partial charge in [0, 0.05) is 19.1 Å². The molecule has 0 aliphatic heterocycles. The van der Waals surface area contributed by atoms with E-state index in [0.717, 1.165) is 24.2 Å². The van der Waals surface area contributed by atoms with Gasteiger partial charge in [-0.2, -0.15) is 0 Å². The lowest BCUT2D eigenvalue weighted by atomic mass is 10.2. The lowest BCUT2D eigenvalue weighted by molar-refractivity contribution is -0.121. The van der Waals surface area contributed by atoms with E-state index in [1.165, 1.54) is 0 Å². The first kappa shape index (κ1) is 16.3. The summed E-state index contributed by atoms with van der Waals surface area (Å²) in [7, 11) is 1.64. The van der Waals surface area contributed by atoms with Crippen LogP contribution in [0.1, 0.15) is 25.3 Å². The van der Waals surface area contributed by atoms with E-state index < -0.39 is 6.03 Å². The molecule has 6 heteroatoms. The number of hydrogen-bond acceptors (Lipinski definition) is 4. The van der Waals surface area contributed by atoms with E-state index in [0.29, 0.717) is 19.1 Å². The number of amides is 3. The van der Waals surface area contributed by atoms with E-state index in [-0.39, 0.29) is 12.5 Å². The standard InChI is InChI=1S/C16H23N3O3/c1-3-17-16(21)18-15(20)11-19(13-6-7-13)10-12-4-8-14(22-2)9-5-12/h4-5,8-9,13H,3,6-7,10-11H2,1-2H3,(H2,17,18,20,21). The molecule has 0 heterocycles. The van der Waals surface area contributed by atoms with Crippen molar-refractivity contribution < 1.29 is 14.3 Å². The predicted molar refractivity (Wildman–Crippen MR) is 83.6 cm³/mol. The number of hydrogen-bond donors (Lipinski definition) is 2. The van der Waals surface area contributed by atoms with Crippen molar-refractivity contribution in [3.05, 3.63) is 29.8 Å². The summed E-state index contributed by atoms with van der Waals surface area (Å²) in [6, 6.07) is 7.81. The monoisotopic (exact) mass is 305 g/mol. The van der Waals surface area contributed by atoms with Crippen LogP contribution in [0.15, 0.2) is 24.3 Å². The van der Waals surface area contributed by atoms with Crippen LogP contribution in [0.25, 0.3) is 0 Å². The van der Waals surface area contributed by atoms with E-state index >= 15 is 0 Å². The number of rotatable bonds is 7. The van der Waals surface area contributed by atoms with Crippen molar-refractivity contribution in [1.29, 1.82) is 0 Å². The van der Waals surface area contributed by atoms with E-state index in [9.17, 15) is 9.59 Å². The number of urea groups is 1. The van der Waals surface area contributed by atoms with Gasteiger partial charge < -0.3 is 10.1 Å². The lowest BCUT2D eigenvalue weighted by Crippen LogP contribution is -2.44. The molecule has 1 aliphatic carbocycles. The Bertz CT molecular complexity index is 512. The fourth-order valence-electron chi connectivity index (χ4n) is 2.27. The Morgan fingerprint density at radius 1 is 1.27 bits per heavy atom. The third kappa shape index (κ3) is 5.04. The molecule has 1 aromatic carbocycles. The number of carbonyl (C=O) groups excluding carboxylic acids is 2. The van der Waals surface area contributed by atoms with E-state index in [1.807, 2.05) is 31.2 Å². The van der Waals surface area contributed by atoms with Crippen LogP contribution in [0.3, 0.4) is 0 Å². The Hall–Kier alpha value is -2.08. The van der Waals surface area contributed by atoms with Crippen molar-refractivity contribution in [2.75, 3.05) is 20.2 Å². The summed E-state index contributed by atoms with van der Waals surface area (Å²) < 4.78 is 5.14. The van der Waals surface area contributed by atoms with Gasteiger partial charge in [0.25, 0.3) is 0 Å². The van der Waals surface area contributed by atoms with Gasteiger partial charge in [0.15, 0.2) is 0 Å². The largest absolute Gasteiger partial charge is 0.497 e. The molecule has 1 saturated carbocycles. The van der Waals surface area contributed by atoms with Gasteiger partial charge in [-0.15, -0.1) is 0 Å². The average Bonchev–Trinajstić information content (AvgIpc) is 3.32. The SMILES string of the molecule is CCNC(=O)NC(=O)CN(Cc1ccc(OC)cc1)C1CC1. The van der Waals surface area contributed by atoms with Crippen molar-refractivity contribution in [2.24, 2.45) is 0 Å². The Balaban J connectivity index is 1.89. The Morgan fingerprint density at radius 3 is 2.50 bits per heavy atom. The summed E-state index contributed by atoms with van der Waals surface area (Å²) in [5.74, 6) is 0.544. The molecule has 0 aromatic heterocycles. The minimum Gasteiger partial charge on any atom is -0.497 e. The Labute approximate surface area is 130 Å². The van der Waals surface area contributed by atoms with Crippen LogP contribution >= 0.6 is 0 Å². The quantitative estimate of drug-likeness (QED) is 0.801. The molecule has 1 aliphatic rings. The summed E-state index contributed by atoms with van der Waals surface area (Å²) in [4.78, 5) is 25.4. The molecule has 0 bridgehead atoms. The van der Waals surface area contributed by atoms with E-state index in [1.54, 1.807) is 7.11 Å².